The van der Waals surface area contributed by atoms with Crippen molar-refractivity contribution in [1.82, 2.24) is 5.32 Å². The van der Waals surface area contributed by atoms with Gasteiger partial charge in [-0.25, -0.2) is 4.99 Å². The summed E-state index contributed by atoms with van der Waals surface area (Å²) in [5.74, 6) is -0.0769. The maximum Gasteiger partial charge on any atom is 0.251 e. The number of thiophene rings is 1. The molecule has 1 aliphatic heterocycles. The van der Waals surface area contributed by atoms with E-state index >= 15 is 0 Å². The highest BCUT2D eigenvalue weighted by Gasteiger charge is 2.21. The largest absolute Gasteiger partial charge is 0.352 e. The van der Waals surface area contributed by atoms with Gasteiger partial charge in [-0.1, -0.05) is 48.3 Å². The summed E-state index contributed by atoms with van der Waals surface area (Å²) in [5, 5.41) is 3.62. The molecule has 1 amide bonds. The van der Waals surface area contributed by atoms with Gasteiger partial charge in [0, 0.05) is 32.5 Å². The Balaban J connectivity index is 1.79. The van der Waals surface area contributed by atoms with Crippen molar-refractivity contribution < 1.29 is 4.79 Å². The van der Waals surface area contributed by atoms with E-state index in [0.717, 1.165) is 44.5 Å². The highest BCUT2D eigenvalue weighted by atomic mass is 35.5. The van der Waals surface area contributed by atoms with E-state index in [9.17, 15) is 4.79 Å². The smallest absolute Gasteiger partial charge is 0.251 e. The van der Waals surface area contributed by atoms with Gasteiger partial charge in [-0.15, -0.1) is 11.3 Å². The second-order valence-corrected chi connectivity index (χ2v) is 9.83. The van der Waals surface area contributed by atoms with Crippen LogP contribution in [0, 0.1) is 0 Å². The van der Waals surface area contributed by atoms with E-state index in [-0.39, 0.29) is 5.91 Å². The van der Waals surface area contributed by atoms with Gasteiger partial charge < -0.3 is 5.32 Å². The lowest BCUT2D eigenvalue weighted by atomic mass is 10.1. The summed E-state index contributed by atoms with van der Waals surface area (Å²) < 4.78 is 0.701. The molecule has 0 unspecified atom stereocenters. The molecule has 0 atom stereocenters. The van der Waals surface area contributed by atoms with Crippen LogP contribution in [0.4, 0.5) is 5.69 Å². The lowest BCUT2D eigenvalue weighted by molar-refractivity contribution is 0.0953. The molecule has 29 heavy (non-hydrogen) atoms. The molecule has 0 aliphatic carbocycles. The molecule has 0 saturated carbocycles. The van der Waals surface area contributed by atoms with Crippen LogP contribution in [0.15, 0.2) is 63.3 Å². The van der Waals surface area contributed by atoms with Crippen LogP contribution in [-0.4, -0.2) is 18.2 Å². The first-order chi connectivity index (χ1) is 14.0. The zero-order valence-corrected chi connectivity index (χ0v) is 18.8. The molecule has 2 aromatic carbocycles. The number of nitrogens with one attached hydrogen (secondary N) is 1. The Hall–Kier alpha value is -1.79. The Labute approximate surface area is 188 Å². The van der Waals surface area contributed by atoms with E-state index in [0.29, 0.717) is 21.5 Å². The third-order valence-electron chi connectivity index (χ3n) is 4.49. The summed E-state index contributed by atoms with van der Waals surface area (Å²) in [7, 11) is 0. The lowest BCUT2D eigenvalue weighted by Crippen LogP contribution is -2.24. The molecule has 3 aromatic rings. The van der Waals surface area contributed by atoms with Gasteiger partial charge in [-0.05, 0) is 55.0 Å². The molecule has 1 aromatic heterocycles. The number of fused-ring (bicyclic) bond motifs is 2. The first kappa shape index (κ1) is 20.5. The van der Waals surface area contributed by atoms with Crippen molar-refractivity contribution >= 4 is 63.6 Å². The molecular weight excluding hydrogens is 443 g/mol. The Morgan fingerprint density at radius 3 is 2.66 bits per heavy atom. The molecule has 1 aliphatic rings. The van der Waals surface area contributed by atoms with Crippen molar-refractivity contribution in [2.45, 2.75) is 29.6 Å². The Bertz CT molecular complexity index is 1110. The van der Waals surface area contributed by atoms with Crippen molar-refractivity contribution in [2.24, 2.45) is 4.99 Å². The minimum absolute atomic E-state index is 0.0769. The molecule has 0 radical (unpaired) electrons. The fourth-order valence-corrected chi connectivity index (χ4v) is 5.22. The zero-order chi connectivity index (χ0) is 20.4. The van der Waals surface area contributed by atoms with Gasteiger partial charge >= 0.3 is 0 Å². The van der Waals surface area contributed by atoms with Crippen LogP contribution in [-0.2, 0) is 0 Å². The van der Waals surface area contributed by atoms with Crippen LogP contribution in [0.25, 0.3) is 0 Å². The third kappa shape index (κ3) is 4.53. The Morgan fingerprint density at radius 1 is 1.07 bits per heavy atom. The summed E-state index contributed by atoms with van der Waals surface area (Å²) in [6.07, 6.45) is 2.00. The molecule has 2 heterocycles. The maximum atomic E-state index is 12.5. The number of halogens is 2. The van der Waals surface area contributed by atoms with Crippen LogP contribution in [0.2, 0.25) is 9.36 Å². The number of carbonyl (C=O) groups is 1. The van der Waals surface area contributed by atoms with E-state index in [1.807, 2.05) is 48.5 Å². The molecule has 3 nitrogen and oxygen atoms in total. The van der Waals surface area contributed by atoms with E-state index in [1.165, 1.54) is 11.3 Å². The Kier molecular flexibility index (Phi) is 6.30. The standard InChI is InChI=1S/C22H18Cl2N2OS2/c1-2-3-10-25-22(27)13-4-6-18-16(11-13)26-21(19-8-9-20(24)29-19)15-12-14(23)5-7-17(15)28-18/h4-9,11-12H,2-3,10H2,1H3,(H,25,27). The second-order valence-electron chi connectivity index (χ2n) is 6.60. The van der Waals surface area contributed by atoms with Gasteiger partial charge in [-0.2, -0.15) is 0 Å². The predicted molar refractivity (Wildman–Crippen MR) is 124 cm³/mol. The minimum atomic E-state index is -0.0769. The van der Waals surface area contributed by atoms with Crippen molar-refractivity contribution in [3.05, 3.63) is 73.9 Å². The number of aliphatic imine (C=N–C) groups is 1. The average Bonchev–Trinajstić information content (AvgIpc) is 3.07. The number of nitrogens with zero attached hydrogens (tertiary/aromatic N) is 1. The van der Waals surface area contributed by atoms with Gasteiger partial charge in [-0.3, -0.25) is 4.79 Å². The molecule has 0 saturated heterocycles. The SMILES string of the molecule is CCCCNC(=O)c1ccc2c(c1)N=C(c1ccc(Cl)s1)c1cc(Cl)ccc1S2. The van der Waals surface area contributed by atoms with Gasteiger partial charge in [0.2, 0.25) is 0 Å². The predicted octanol–water partition coefficient (Wildman–Crippen LogP) is 7.22. The fraction of sp³-hybridized carbons (Fsp3) is 0.182. The van der Waals surface area contributed by atoms with Crippen molar-refractivity contribution in [2.75, 3.05) is 6.54 Å². The second kappa shape index (κ2) is 8.92. The number of amides is 1. The highest BCUT2D eigenvalue weighted by Crippen LogP contribution is 2.43. The molecule has 0 bridgehead atoms. The molecule has 7 heteroatoms. The zero-order valence-electron chi connectivity index (χ0n) is 15.7. The topological polar surface area (TPSA) is 41.5 Å². The summed E-state index contributed by atoms with van der Waals surface area (Å²) in [4.78, 5) is 20.5. The van der Waals surface area contributed by atoms with Crippen LogP contribution in [0.3, 0.4) is 0 Å². The van der Waals surface area contributed by atoms with Gasteiger partial charge in [0.25, 0.3) is 5.91 Å². The first-order valence-corrected chi connectivity index (χ1v) is 11.7. The van der Waals surface area contributed by atoms with E-state index in [4.69, 9.17) is 28.2 Å². The van der Waals surface area contributed by atoms with Crippen LogP contribution < -0.4 is 5.32 Å². The summed E-state index contributed by atoms with van der Waals surface area (Å²) in [6, 6.07) is 15.3. The number of benzene rings is 2. The number of unbranched alkanes of at least 4 members (excludes halogenated alkanes) is 1. The average molecular weight is 461 g/mol. The molecule has 1 N–H and O–H groups in total. The van der Waals surface area contributed by atoms with Gasteiger partial charge in [0.1, 0.15) is 0 Å². The molecule has 0 spiro atoms. The quantitative estimate of drug-likeness (QED) is 0.319. The van der Waals surface area contributed by atoms with E-state index in [2.05, 4.69) is 12.2 Å². The third-order valence-corrected chi connectivity index (χ3v) is 7.11. The summed E-state index contributed by atoms with van der Waals surface area (Å²) >= 11 is 15.6. The van der Waals surface area contributed by atoms with Crippen LogP contribution in [0.5, 0.6) is 0 Å². The molecule has 0 fully saturated rings. The number of carbonyl (C=O) groups excluding carboxylic acids is 1. The molecule has 4 rings (SSSR count). The van der Waals surface area contributed by atoms with Crippen molar-refractivity contribution in [3.8, 4) is 0 Å². The monoisotopic (exact) mass is 460 g/mol. The number of hydrogen-bond donors (Lipinski definition) is 1. The van der Waals surface area contributed by atoms with Crippen molar-refractivity contribution in [3.63, 3.8) is 0 Å². The van der Waals surface area contributed by atoms with Crippen molar-refractivity contribution in [1.29, 1.82) is 0 Å². The first-order valence-electron chi connectivity index (χ1n) is 9.29. The van der Waals surface area contributed by atoms with Crippen LogP contribution >= 0.6 is 46.3 Å². The van der Waals surface area contributed by atoms with Gasteiger partial charge in [0.05, 0.1) is 20.6 Å². The summed E-state index contributed by atoms with van der Waals surface area (Å²) in [5.41, 5.74) is 3.15. The highest BCUT2D eigenvalue weighted by molar-refractivity contribution is 7.99. The minimum Gasteiger partial charge on any atom is -0.352 e. The number of hydrogen-bond acceptors (Lipinski definition) is 4. The summed E-state index contributed by atoms with van der Waals surface area (Å²) in [6.45, 7) is 2.77. The fourth-order valence-electron chi connectivity index (χ4n) is 3.02. The lowest BCUT2D eigenvalue weighted by Gasteiger charge is -2.08. The normalized spacial score (nSPS) is 12.6. The van der Waals surface area contributed by atoms with Gasteiger partial charge in [0.15, 0.2) is 0 Å². The van der Waals surface area contributed by atoms with E-state index in [1.54, 1.807) is 11.8 Å². The number of rotatable bonds is 5. The molecule has 148 valence electrons. The Morgan fingerprint density at radius 2 is 1.90 bits per heavy atom. The van der Waals surface area contributed by atoms with E-state index < -0.39 is 0 Å². The maximum absolute atomic E-state index is 12.5. The van der Waals surface area contributed by atoms with Crippen LogP contribution in [0.1, 0.15) is 40.6 Å². The molecular formula is C22H18Cl2N2OS2.